The minimum absolute atomic E-state index is 0. The molecule has 1 aromatic carbocycles. The first-order valence-corrected chi connectivity index (χ1v) is 8.17. The van der Waals surface area contributed by atoms with E-state index in [-0.39, 0.29) is 41.3 Å². The number of nitrogens with zero attached hydrogens (tertiary/aromatic N) is 2. The highest BCUT2D eigenvalue weighted by Gasteiger charge is 2.32. The van der Waals surface area contributed by atoms with Crippen LogP contribution in [0.2, 0.25) is 5.02 Å². The van der Waals surface area contributed by atoms with Crippen molar-refractivity contribution >= 4 is 29.9 Å². The van der Waals surface area contributed by atoms with Crippen LogP contribution in [0.25, 0.3) is 5.69 Å². The summed E-state index contributed by atoms with van der Waals surface area (Å²) in [4.78, 5) is 12.3. The van der Waals surface area contributed by atoms with Crippen LogP contribution in [0.4, 0.5) is 13.2 Å². The second kappa shape index (κ2) is 7.85. The quantitative estimate of drug-likeness (QED) is 0.815. The number of aromatic nitrogens is 2. The Labute approximate surface area is 159 Å². The molecule has 3 rings (SSSR count). The predicted molar refractivity (Wildman–Crippen MR) is 94.2 cm³/mol. The maximum Gasteiger partial charge on any atom is 0.416 e. The van der Waals surface area contributed by atoms with Gasteiger partial charge in [-0.2, -0.15) is 18.3 Å². The van der Waals surface area contributed by atoms with Gasteiger partial charge in [0.1, 0.15) is 0 Å². The molecule has 1 aromatic heterocycles. The Morgan fingerprint density at radius 3 is 2.73 bits per heavy atom. The molecule has 1 heterocycles. The molecule has 1 aliphatic carbocycles. The molecule has 0 spiro atoms. The van der Waals surface area contributed by atoms with Gasteiger partial charge in [0.2, 0.25) is 0 Å². The van der Waals surface area contributed by atoms with Crippen LogP contribution in [0.15, 0.2) is 18.2 Å². The largest absolute Gasteiger partial charge is 0.416 e. The van der Waals surface area contributed by atoms with Gasteiger partial charge in [-0.1, -0.05) is 11.6 Å². The third-order valence-corrected chi connectivity index (χ3v) is 4.40. The first-order valence-electron chi connectivity index (χ1n) is 7.79. The summed E-state index contributed by atoms with van der Waals surface area (Å²) in [6.07, 6.45) is -2.41. The first-order chi connectivity index (χ1) is 11.8. The van der Waals surface area contributed by atoms with Crippen LogP contribution in [0.1, 0.15) is 33.7 Å². The van der Waals surface area contributed by atoms with E-state index in [9.17, 15) is 18.0 Å². The van der Waals surface area contributed by atoms with Crippen molar-refractivity contribution in [1.82, 2.24) is 15.1 Å². The lowest BCUT2D eigenvalue weighted by Crippen LogP contribution is -2.30. The molecule has 0 saturated heterocycles. The van der Waals surface area contributed by atoms with Gasteiger partial charge in [-0.15, -0.1) is 12.4 Å². The van der Waals surface area contributed by atoms with Crippen LogP contribution in [-0.4, -0.2) is 28.8 Å². The Morgan fingerprint density at radius 1 is 1.35 bits per heavy atom. The molecule has 0 radical (unpaired) electrons. The summed E-state index contributed by atoms with van der Waals surface area (Å²) in [7, 11) is 0. The molecular weight excluding hydrogens is 392 g/mol. The molecule has 0 atom stereocenters. The highest BCUT2D eigenvalue weighted by molar-refractivity contribution is 6.32. The van der Waals surface area contributed by atoms with Crippen LogP contribution < -0.4 is 11.1 Å². The fourth-order valence-electron chi connectivity index (χ4n) is 2.94. The van der Waals surface area contributed by atoms with E-state index in [1.165, 1.54) is 10.7 Å². The normalized spacial score (nSPS) is 13.3. The smallest absolute Gasteiger partial charge is 0.349 e. The molecule has 0 unspecified atom stereocenters. The molecule has 0 saturated carbocycles. The Bertz CT molecular complexity index is 821. The molecular formula is C16H17Cl2F3N4O. The molecule has 26 heavy (non-hydrogen) atoms. The van der Waals surface area contributed by atoms with Crippen molar-refractivity contribution in [3.05, 3.63) is 45.7 Å². The number of fused-ring (bicyclic) bond motifs is 1. The minimum atomic E-state index is -4.49. The Kier molecular flexibility index (Phi) is 6.21. The number of nitrogens with two attached hydrogens (primary N) is 1. The second-order valence-corrected chi connectivity index (χ2v) is 6.15. The summed E-state index contributed by atoms with van der Waals surface area (Å²) in [6, 6.07) is 3.07. The molecule has 10 heteroatoms. The van der Waals surface area contributed by atoms with Gasteiger partial charge in [-0.25, -0.2) is 4.68 Å². The summed E-state index contributed by atoms with van der Waals surface area (Å²) in [6.45, 7) is 0.582. The predicted octanol–water partition coefficient (Wildman–Crippen LogP) is 3.14. The zero-order valence-corrected chi connectivity index (χ0v) is 15.1. The van der Waals surface area contributed by atoms with Gasteiger partial charge in [0.15, 0.2) is 5.69 Å². The van der Waals surface area contributed by atoms with E-state index in [2.05, 4.69) is 10.4 Å². The zero-order valence-electron chi connectivity index (χ0n) is 13.6. The van der Waals surface area contributed by atoms with Gasteiger partial charge in [-0.3, -0.25) is 4.79 Å². The van der Waals surface area contributed by atoms with Crippen LogP contribution in [0.3, 0.4) is 0 Å². The number of hydrogen-bond donors (Lipinski definition) is 2. The van der Waals surface area contributed by atoms with Crippen molar-refractivity contribution in [2.24, 2.45) is 5.73 Å². The number of benzene rings is 1. The van der Waals surface area contributed by atoms with Crippen LogP contribution in [0, 0.1) is 0 Å². The molecule has 5 nitrogen and oxygen atoms in total. The van der Waals surface area contributed by atoms with E-state index in [0.29, 0.717) is 19.4 Å². The van der Waals surface area contributed by atoms with Crippen molar-refractivity contribution in [3.63, 3.8) is 0 Å². The molecule has 1 amide bonds. The van der Waals surface area contributed by atoms with E-state index < -0.39 is 11.7 Å². The topological polar surface area (TPSA) is 72.9 Å². The number of carbonyl (C=O) groups excluding carboxylic acids is 1. The van der Waals surface area contributed by atoms with Gasteiger partial charge in [-0.05, 0) is 37.5 Å². The van der Waals surface area contributed by atoms with Gasteiger partial charge >= 0.3 is 6.18 Å². The average Bonchev–Trinajstić information content (AvgIpc) is 3.14. The number of halogens is 5. The van der Waals surface area contributed by atoms with Crippen LogP contribution in [-0.2, 0) is 19.0 Å². The average molecular weight is 409 g/mol. The van der Waals surface area contributed by atoms with E-state index in [1.54, 1.807) is 0 Å². The lowest BCUT2D eigenvalue weighted by molar-refractivity contribution is -0.137. The van der Waals surface area contributed by atoms with E-state index in [0.717, 1.165) is 29.8 Å². The van der Waals surface area contributed by atoms with E-state index in [1.807, 2.05) is 0 Å². The summed E-state index contributed by atoms with van der Waals surface area (Å²) in [5.74, 6) is -0.384. The Balaban J connectivity index is 0.00000243. The third kappa shape index (κ3) is 3.82. The summed E-state index contributed by atoms with van der Waals surface area (Å²) in [5.41, 5.74) is 6.37. The molecule has 142 valence electrons. The van der Waals surface area contributed by atoms with Crippen LogP contribution >= 0.6 is 24.0 Å². The number of rotatable bonds is 4. The number of amides is 1. The van der Waals surface area contributed by atoms with Gasteiger partial charge in [0, 0.05) is 24.3 Å². The molecule has 3 N–H and O–H groups in total. The van der Waals surface area contributed by atoms with Crippen molar-refractivity contribution in [1.29, 1.82) is 0 Å². The SMILES string of the molecule is Cl.NCCNC(=O)c1nn(-c2cc(C(F)(F)F)ccc2Cl)c2c1CCC2. The summed E-state index contributed by atoms with van der Waals surface area (Å²) < 4.78 is 40.4. The Morgan fingerprint density at radius 2 is 2.08 bits per heavy atom. The number of alkyl halides is 3. The lowest BCUT2D eigenvalue weighted by atomic mass is 10.1. The fraction of sp³-hybridized carbons (Fsp3) is 0.375. The number of hydrogen-bond acceptors (Lipinski definition) is 3. The van der Waals surface area contributed by atoms with Crippen molar-refractivity contribution in [2.45, 2.75) is 25.4 Å². The maximum atomic E-state index is 13.0. The molecule has 0 aliphatic heterocycles. The molecule has 0 fully saturated rings. The zero-order chi connectivity index (χ0) is 18.2. The third-order valence-electron chi connectivity index (χ3n) is 4.08. The highest BCUT2D eigenvalue weighted by atomic mass is 35.5. The second-order valence-electron chi connectivity index (χ2n) is 5.75. The maximum absolute atomic E-state index is 13.0. The summed E-state index contributed by atoms with van der Waals surface area (Å²) in [5, 5.41) is 7.03. The van der Waals surface area contributed by atoms with Crippen molar-refractivity contribution < 1.29 is 18.0 Å². The summed E-state index contributed by atoms with van der Waals surface area (Å²) >= 11 is 6.11. The Hall–Kier alpha value is -1.77. The number of carbonyl (C=O) groups is 1. The van der Waals surface area contributed by atoms with Gasteiger partial charge in [0.25, 0.3) is 5.91 Å². The highest BCUT2D eigenvalue weighted by Crippen LogP contribution is 2.35. The van der Waals surface area contributed by atoms with Gasteiger partial charge in [0.05, 0.1) is 16.3 Å². The monoisotopic (exact) mass is 408 g/mol. The minimum Gasteiger partial charge on any atom is -0.349 e. The number of nitrogens with one attached hydrogen (secondary N) is 1. The first kappa shape index (κ1) is 20.5. The standard InChI is InChI=1S/C16H16ClF3N4O.ClH/c17-11-5-4-9(16(18,19)20)8-13(11)24-12-3-1-2-10(12)14(23-24)15(25)22-7-6-21;/h4-5,8H,1-3,6-7,21H2,(H,22,25);1H. The lowest BCUT2D eigenvalue weighted by Gasteiger charge is -2.12. The van der Waals surface area contributed by atoms with Crippen molar-refractivity contribution in [2.75, 3.05) is 13.1 Å². The molecule has 0 bridgehead atoms. The van der Waals surface area contributed by atoms with Crippen LogP contribution in [0.5, 0.6) is 0 Å². The fourth-order valence-corrected chi connectivity index (χ4v) is 3.14. The van der Waals surface area contributed by atoms with E-state index >= 15 is 0 Å². The van der Waals surface area contributed by atoms with Crippen molar-refractivity contribution in [3.8, 4) is 5.69 Å². The molecule has 1 aliphatic rings. The van der Waals surface area contributed by atoms with E-state index in [4.69, 9.17) is 17.3 Å². The molecule has 2 aromatic rings. The van der Waals surface area contributed by atoms with Gasteiger partial charge < -0.3 is 11.1 Å².